The summed E-state index contributed by atoms with van der Waals surface area (Å²) in [4.78, 5) is 19.1. The molecule has 0 unspecified atom stereocenters. The van der Waals surface area contributed by atoms with E-state index in [0.29, 0.717) is 19.0 Å². The molecule has 2 fully saturated rings. The molecule has 6 nitrogen and oxygen atoms in total. The molecule has 6 heteroatoms. The lowest BCUT2D eigenvalue weighted by molar-refractivity contribution is -0.121. The van der Waals surface area contributed by atoms with Gasteiger partial charge in [-0.25, -0.2) is 0 Å². The molecule has 138 valence electrons. The third-order valence-corrected chi connectivity index (χ3v) is 4.84. The van der Waals surface area contributed by atoms with Crippen LogP contribution in [0.2, 0.25) is 0 Å². The zero-order valence-electron chi connectivity index (χ0n) is 15.3. The van der Waals surface area contributed by atoms with Gasteiger partial charge < -0.3 is 20.9 Å². The van der Waals surface area contributed by atoms with E-state index in [2.05, 4.69) is 32.8 Å². The second-order valence-electron chi connectivity index (χ2n) is 6.89. The number of nitrogens with zero attached hydrogens (tertiary/aromatic N) is 2. The number of carbonyl (C=O) groups is 1. The summed E-state index contributed by atoms with van der Waals surface area (Å²) in [7, 11) is 0. The summed E-state index contributed by atoms with van der Waals surface area (Å²) < 4.78 is 0. The molecule has 0 atom stereocenters. The van der Waals surface area contributed by atoms with Gasteiger partial charge in [0.25, 0.3) is 0 Å². The van der Waals surface area contributed by atoms with E-state index < -0.39 is 0 Å². The summed E-state index contributed by atoms with van der Waals surface area (Å²) in [6, 6.07) is 0.406. The standard InChI is InChI=1S/C18H35N5O/c1-2-19-18(21-12-15-23-13-6-3-7-14-23)20-11-10-17(24)22-16-8-4-5-9-16/h16H,2-15H2,1H3,(H,22,24)(H2,19,20,21). The Hall–Kier alpha value is -1.30. The summed E-state index contributed by atoms with van der Waals surface area (Å²) >= 11 is 0. The van der Waals surface area contributed by atoms with Gasteiger partial charge in [-0.1, -0.05) is 19.3 Å². The Kier molecular flexibility index (Phi) is 8.95. The lowest BCUT2D eigenvalue weighted by Crippen LogP contribution is -2.41. The maximum Gasteiger partial charge on any atom is 0.221 e. The van der Waals surface area contributed by atoms with Gasteiger partial charge in [-0.3, -0.25) is 9.79 Å². The van der Waals surface area contributed by atoms with E-state index in [9.17, 15) is 4.79 Å². The van der Waals surface area contributed by atoms with Gasteiger partial charge in [0.15, 0.2) is 5.96 Å². The third-order valence-electron chi connectivity index (χ3n) is 4.84. The zero-order chi connectivity index (χ0) is 17.0. The topological polar surface area (TPSA) is 68.8 Å². The molecule has 24 heavy (non-hydrogen) atoms. The molecule has 1 saturated heterocycles. The smallest absolute Gasteiger partial charge is 0.221 e. The molecule has 2 rings (SSSR count). The van der Waals surface area contributed by atoms with Crippen LogP contribution in [0.3, 0.4) is 0 Å². The molecule has 2 aliphatic rings. The van der Waals surface area contributed by atoms with Crippen molar-refractivity contribution >= 4 is 11.9 Å². The van der Waals surface area contributed by atoms with Crippen molar-refractivity contribution in [1.29, 1.82) is 0 Å². The van der Waals surface area contributed by atoms with Gasteiger partial charge in [-0.05, 0) is 45.7 Å². The van der Waals surface area contributed by atoms with Crippen LogP contribution in [0, 0.1) is 0 Å². The molecule has 0 bridgehead atoms. The fourth-order valence-corrected chi connectivity index (χ4v) is 3.49. The fourth-order valence-electron chi connectivity index (χ4n) is 3.49. The number of rotatable bonds is 8. The normalized spacial score (nSPS) is 20.1. The van der Waals surface area contributed by atoms with Crippen molar-refractivity contribution in [1.82, 2.24) is 20.9 Å². The molecule has 3 N–H and O–H groups in total. The van der Waals surface area contributed by atoms with Gasteiger partial charge in [0.2, 0.25) is 5.91 Å². The Bertz CT molecular complexity index is 387. The quantitative estimate of drug-likeness (QED) is 0.463. The van der Waals surface area contributed by atoms with Crippen LogP contribution in [0.5, 0.6) is 0 Å². The number of likely N-dealkylation sites (tertiary alicyclic amines) is 1. The minimum atomic E-state index is 0.151. The Morgan fingerprint density at radius 1 is 1.08 bits per heavy atom. The molecular formula is C18H35N5O. The molecule has 1 saturated carbocycles. The lowest BCUT2D eigenvalue weighted by atomic mass is 10.1. The molecule has 0 spiro atoms. The van der Waals surface area contributed by atoms with E-state index in [1.807, 2.05) is 0 Å². The number of carbonyl (C=O) groups excluding carboxylic acids is 1. The van der Waals surface area contributed by atoms with Crippen molar-refractivity contribution in [2.24, 2.45) is 4.99 Å². The van der Waals surface area contributed by atoms with Crippen LogP contribution in [0.25, 0.3) is 0 Å². The molecule has 0 aromatic rings. The summed E-state index contributed by atoms with van der Waals surface area (Å²) in [6.45, 7) is 7.79. The van der Waals surface area contributed by atoms with E-state index >= 15 is 0 Å². The van der Waals surface area contributed by atoms with Gasteiger partial charge in [-0.15, -0.1) is 0 Å². The highest BCUT2D eigenvalue weighted by molar-refractivity contribution is 5.81. The molecular weight excluding hydrogens is 302 g/mol. The summed E-state index contributed by atoms with van der Waals surface area (Å²) in [5, 5.41) is 9.65. The zero-order valence-corrected chi connectivity index (χ0v) is 15.3. The number of amides is 1. The SMILES string of the molecule is CCNC(=NCCN1CCCCC1)NCCC(=O)NC1CCCC1. The Morgan fingerprint density at radius 3 is 2.54 bits per heavy atom. The second kappa shape index (κ2) is 11.3. The largest absolute Gasteiger partial charge is 0.357 e. The van der Waals surface area contributed by atoms with Crippen LogP contribution in [0.1, 0.15) is 58.3 Å². The van der Waals surface area contributed by atoms with Gasteiger partial charge in [0.1, 0.15) is 0 Å². The van der Waals surface area contributed by atoms with Crippen molar-refractivity contribution in [2.75, 3.05) is 39.3 Å². The summed E-state index contributed by atoms with van der Waals surface area (Å²) in [5.74, 6) is 0.974. The summed E-state index contributed by atoms with van der Waals surface area (Å²) in [6.07, 6.45) is 9.28. The highest BCUT2D eigenvalue weighted by Crippen LogP contribution is 2.17. The number of piperidine rings is 1. The van der Waals surface area contributed by atoms with E-state index in [0.717, 1.165) is 38.4 Å². The maximum atomic E-state index is 11.9. The maximum absolute atomic E-state index is 11.9. The molecule has 0 radical (unpaired) electrons. The Balaban J connectivity index is 1.61. The molecule has 1 aliphatic carbocycles. The van der Waals surface area contributed by atoms with E-state index in [-0.39, 0.29) is 5.91 Å². The minimum absolute atomic E-state index is 0.151. The Labute approximate surface area is 146 Å². The van der Waals surface area contributed by atoms with Gasteiger partial charge in [0.05, 0.1) is 6.54 Å². The van der Waals surface area contributed by atoms with Crippen molar-refractivity contribution < 1.29 is 4.79 Å². The van der Waals surface area contributed by atoms with Crippen molar-refractivity contribution in [2.45, 2.75) is 64.3 Å². The number of hydrogen-bond donors (Lipinski definition) is 3. The van der Waals surface area contributed by atoms with Crippen molar-refractivity contribution in [3.8, 4) is 0 Å². The monoisotopic (exact) mass is 337 g/mol. The van der Waals surface area contributed by atoms with Crippen molar-refractivity contribution in [3.05, 3.63) is 0 Å². The minimum Gasteiger partial charge on any atom is -0.357 e. The van der Waals surface area contributed by atoms with Gasteiger partial charge in [0, 0.05) is 32.1 Å². The number of aliphatic imine (C=N–C) groups is 1. The molecule has 1 aliphatic heterocycles. The molecule has 0 aromatic carbocycles. The van der Waals surface area contributed by atoms with Crippen LogP contribution >= 0.6 is 0 Å². The van der Waals surface area contributed by atoms with Crippen LogP contribution in [-0.4, -0.2) is 62.1 Å². The molecule has 1 heterocycles. The lowest BCUT2D eigenvalue weighted by Gasteiger charge is -2.25. The Morgan fingerprint density at radius 2 is 1.83 bits per heavy atom. The predicted molar refractivity (Wildman–Crippen MR) is 99.3 cm³/mol. The highest BCUT2D eigenvalue weighted by Gasteiger charge is 2.16. The summed E-state index contributed by atoms with van der Waals surface area (Å²) in [5.41, 5.74) is 0. The highest BCUT2D eigenvalue weighted by atomic mass is 16.1. The molecule has 1 amide bonds. The average molecular weight is 338 g/mol. The van der Waals surface area contributed by atoms with E-state index in [4.69, 9.17) is 0 Å². The average Bonchev–Trinajstić information content (AvgIpc) is 3.09. The van der Waals surface area contributed by atoms with E-state index in [1.165, 1.54) is 45.2 Å². The number of hydrogen-bond acceptors (Lipinski definition) is 3. The first-order valence-electron chi connectivity index (χ1n) is 9.82. The first-order valence-corrected chi connectivity index (χ1v) is 9.82. The molecule has 0 aromatic heterocycles. The van der Waals surface area contributed by atoms with Gasteiger partial charge in [-0.2, -0.15) is 0 Å². The number of guanidine groups is 1. The van der Waals surface area contributed by atoms with Gasteiger partial charge >= 0.3 is 0 Å². The number of nitrogens with one attached hydrogen (secondary N) is 3. The van der Waals surface area contributed by atoms with Crippen LogP contribution in [0.4, 0.5) is 0 Å². The van der Waals surface area contributed by atoms with Crippen LogP contribution in [-0.2, 0) is 4.79 Å². The first-order chi connectivity index (χ1) is 11.8. The predicted octanol–water partition coefficient (Wildman–Crippen LogP) is 1.48. The first kappa shape index (κ1) is 19.0. The van der Waals surface area contributed by atoms with Crippen LogP contribution in [0.15, 0.2) is 4.99 Å². The van der Waals surface area contributed by atoms with E-state index in [1.54, 1.807) is 0 Å². The van der Waals surface area contributed by atoms with Crippen LogP contribution < -0.4 is 16.0 Å². The van der Waals surface area contributed by atoms with Crippen molar-refractivity contribution in [3.63, 3.8) is 0 Å². The fraction of sp³-hybridized carbons (Fsp3) is 0.889. The third kappa shape index (κ3) is 7.51. The second-order valence-corrected chi connectivity index (χ2v) is 6.89.